The largest absolute Gasteiger partial charge is 0.355 e. The molecule has 0 spiro atoms. The van der Waals surface area contributed by atoms with Crippen LogP contribution >= 0.6 is 23.4 Å². The number of amides is 2. The van der Waals surface area contributed by atoms with Crippen LogP contribution in [0.25, 0.3) is 0 Å². The minimum atomic E-state index is -0.220. The molecule has 0 radical (unpaired) electrons. The zero-order valence-electron chi connectivity index (χ0n) is 19.1. The maximum Gasteiger partial charge on any atom is 0.255 e. The predicted octanol–water partition coefficient (Wildman–Crippen LogP) is 5.23. The Labute approximate surface area is 199 Å². The number of hydrogen-bond donors (Lipinski definition) is 2. The van der Waals surface area contributed by atoms with Gasteiger partial charge in [-0.05, 0) is 70.1 Å². The quantitative estimate of drug-likeness (QED) is 0.560. The lowest BCUT2D eigenvalue weighted by molar-refractivity contribution is -0.123. The molecule has 2 N–H and O–H groups in total. The van der Waals surface area contributed by atoms with E-state index in [1.165, 1.54) is 0 Å². The van der Waals surface area contributed by atoms with E-state index in [0.717, 1.165) is 36.6 Å². The van der Waals surface area contributed by atoms with Gasteiger partial charge in [-0.25, -0.2) is 4.98 Å². The number of anilines is 2. The molecule has 172 valence electrons. The van der Waals surface area contributed by atoms with E-state index in [0.29, 0.717) is 28.6 Å². The molecule has 1 aliphatic heterocycles. The highest BCUT2D eigenvalue weighted by molar-refractivity contribution is 7.98. The molecule has 1 aliphatic rings. The number of thioether (sulfide) groups is 1. The number of aromatic nitrogens is 1. The predicted molar refractivity (Wildman–Crippen MR) is 133 cm³/mol. The number of benzene rings is 1. The van der Waals surface area contributed by atoms with Crippen molar-refractivity contribution < 1.29 is 9.59 Å². The zero-order valence-corrected chi connectivity index (χ0v) is 20.6. The van der Waals surface area contributed by atoms with Crippen molar-refractivity contribution >= 4 is 46.7 Å². The molecular weight excluding hydrogens is 444 g/mol. The Balaban J connectivity index is 1.69. The third-order valence-corrected chi connectivity index (χ3v) is 6.24. The molecule has 8 heteroatoms. The highest BCUT2D eigenvalue weighted by Gasteiger charge is 2.25. The van der Waals surface area contributed by atoms with Gasteiger partial charge in [-0.1, -0.05) is 17.7 Å². The Kier molecular flexibility index (Phi) is 8.06. The Morgan fingerprint density at radius 2 is 1.94 bits per heavy atom. The number of hydrogen-bond acceptors (Lipinski definition) is 5. The zero-order chi connectivity index (χ0) is 23.3. The SMILES string of the molecule is CSc1cnc(N2CCC(CC(=O)NC(C)(C)C)CC2)c(NC(=O)c2cccc(Cl)c2)c1. The summed E-state index contributed by atoms with van der Waals surface area (Å²) in [6.45, 7) is 7.57. The van der Waals surface area contributed by atoms with Crippen LogP contribution in [0.5, 0.6) is 0 Å². The van der Waals surface area contributed by atoms with E-state index >= 15 is 0 Å². The molecule has 3 rings (SSSR count). The van der Waals surface area contributed by atoms with Crippen molar-refractivity contribution in [2.75, 3.05) is 29.6 Å². The summed E-state index contributed by atoms with van der Waals surface area (Å²) in [5.41, 5.74) is 0.976. The van der Waals surface area contributed by atoms with E-state index in [4.69, 9.17) is 11.6 Å². The summed E-state index contributed by atoms with van der Waals surface area (Å²) in [5, 5.41) is 6.58. The summed E-state index contributed by atoms with van der Waals surface area (Å²) >= 11 is 7.62. The Hall–Kier alpha value is -2.25. The standard InChI is InChI=1S/C24H31ClN4O2S/c1-24(2,3)28-21(30)12-16-8-10-29(11-9-16)22-20(14-19(32-4)15-26-22)27-23(31)17-6-5-7-18(25)13-17/h5-7,13-16H,8-12H2,1-4H3,(H,27,31)(H,28,30). The highest BCUT2D eigenvalue weighted by Crippen LogP contribution is 2.32. The van der Waals surface area contributed by atoms with Crippen molar-refractivity contribution in [2.24, 2.45) is 5.92 Å². The first kappa shape index (κ1) is 24.4. The lowest BCUT2D eigenvalue weighted by Gasteiger charge is -2.34. The Morgan fingerprint density at radius 3 is 2.56 bits per heavy atom. The maximum atomic E-state index is 12.8. The van der Waals surface area contributed by atoms with Gasteiger partial charge in [0, 0.05) is 46.7 Å². The molecule has 1 fully saturated rings. The molecule has 2 aromatic rings. The van der Waals surface area contributed by atoms with Gasteiger partial charge in [-0.3, -0.25) is 9.59 Å². The molecular formula is C24H31ClN4O2S. The molecule has 0 unspecified atom stereocenters. The van der Waals surface area contributed by atoms with Crippen LogP contribution in [0.1, 0.15) is 50.4 Å². The van der Waals surface area contributed by atoms with Crippen LogP contribution in [0.3, 0.4) is 0 Å². The van der Waals surface area contributed by atoms with Gasteiger partial charge in [0.15, 0.2) is 5.82 Å². The molecule has 32 heavy (non-hydrogen) atoms. The number of pyridine rings is 1. The lowest BCUT2D eigenvalue weighted by Crippen LogP contribution is -2.42. The van der Waals surface area contributed by atoms with Crippen molar-refractivity contribution in [2.45, 2.75) is 50.5 Å². The molecule has 1 aromatic heterocycles. The van der Waals surface area contributed by atoms with Crippen molar-refractivity contribution in [3.63, 3.8) is 0 Å². The highest BCUT2D eigenvalue weighted by atomic mass is 35.5. The Morgan fingerprint density at radius 1 is 1.22 bits per heavy atom. The fourth-order valence-corrected chi connectivity index (χ4v) is 4.38. The number of nitrogens with one attached hydrogen (secondary N) is 2. The van der Waals surface area contributed by atoms with Gasteiger partial charge in [0.25, 0.3) is 5.91 Å². The summed E-state index contributed by atoms with van der Waals surface area (Å²) in [5.74, 6) is 0.995. The van der Waals surface area contributed by atoms with E-state index < -0.39 is 0 Å². The molecule has 0 saturated carbocycles. The van der Waals surface area contributed by atoms with E-state index in [1.807, 2.05) is 39.3 Å². The Bertz CT molecular complexity index is 969. The molecule has 6 nitrogen and oxygen atoms in total. The average molecular weight is 475 g/mol. The van der Waals surface area contributed by atoms with Crippen LogP contribution in [0.15, 0.2) is 41.4 Å². The second-order valence-corrected chi connectivity index (χ2v) is 10.5. The molecule has 0 aliphatic carbocycles. The maximum absolute atomic E-state index is 12.8. The van der Waals surface area contributed by atoms with Crippen LogP contribution in [-0.2, 0) is 4.79 Å². The molecule has 2 amide bonds. The monoisotopic (exact) mass is 474 g/mol. The van der Waals surface area contributed by atoms with Crippen LogP contribution in [0.2, 0.25) is 5.02 Å². The fraction of sp³-hybridized carbons (Fsp3) is 0.458. The molecule has 2 heterocycles. The van der Waals surface area contributed by atoms with Gasteiger partial charge in [0.1, 0.15) is 0 Å². The van der Waals surface area contributed by atoms with E-state index in [9.17, 15) is 9.59 Å². The van der Waals surface area contributed by atoms with Gasteiger partial charge < -0.3 is 15.5 Å². The molecule has 1 aromatic carbocycles. The minimum absolute atomic E-state index is 0.105. The van der Waals surface area contributed by atoms with Gasteiger partial charge in [-0.2, -0.15) is 0 Å². The van der Waals surface area contributed by atoms with Crippen molar-refractivity contribution in [1.29, 1.82) is 0 Å². The second kappa shape index (κ2) is 10.6. The van der Waals surface area contributed by atoms with E-state index in [-0.39, 0.29) is 17.4 Å². The number of carbonyl (C=O) groups is 2. The topological polar surface area (TPSA) is 74.3 Å². The van der Waals surface area contributed by atoms with Crippen molar-refractivity contribution in [1.82, 2.24) is 10.3 Å². The first-order valence-electron chi connectivity index (χ1n) is 10.8. The summed E-state index contributed by atoms with van der Waals surface area (Å²) in [4.78, 5) is 32.9. The molecule has 0 atom stereocenters. The summed E-state index contributed by atoms with van der Waals surface area (Å²) in [6, 6.07) is 8.84. The molecule has 1 saturated heterocycles. The van der Waals surface area contributed by atoms with Crippen LogP contribution in [-0.4, -0.2) is 41.7 Å². The number of nitrogens with zero attached hydrogens (tertiary/aromatic N) is 2. The minimum Gasteiger partial charge on any atom is -0.355 e. The van der Waals surface area contributed by atoms with Gasteiger partial charge in [0.05, 0.1) is 5.69 Å². The lowest BCUT2D eigenvalue weighted by atomic mass is 9.92. The number of rotatable bonds is 6. The first-order valence-corrected chi connectivity index (χ1v) is 12.4. The van der Waals surface area contributed by atoms with Crippen LogP contribution in [0, 0.1) is 5.92 Å². The fourth-order valence-electron chi connectivity index (χ4n) is 3.80. The number of piperidine rings is 1. The van der Waals surface area contributed by atoms with Gasteiger partial charge in [0.2, 0.25) is 5.91 Å². The average Bonchev–Trinajstić information content (AvgIpc) is 2.73. The van der Waals surface area contributed by atoms with Crippen LogP contribution in [0.4, 0.5) is 11.5 Å². The smallest absolute Gasteiger partial charge is 0.255 e. The number of halogens is 1. The summed E-state index contributed by atoms with van der Waals surface area (Å²) in [7, 11) is 0. The summed E-state index contributed by atoms with van der Waals surface area (Å²) < 4.78 is 0. The third kappa shape index (κ3) is 6.87. The van der Waals surface area contributed by atoms with Crippen LogP contribution < -0.4 is 15.5 Å². The van der Waals surface area contributed by atoms with Gasteiger partial charge in [-0.15, -0.1) is 11.8 Å². The summed E-state index contributed by atoms with van der Waals surface area (Å²) in [6.07, 6.45) is 6.17. The second-order valence-electron chi connectivity index (χ2n) is 9.14. The van der Waals surface area contributed by atoms with Crippen molar-refractivity contribution in [3.8, 4) is 0 Å². The third-order valence-electron chi connectivity index (χ3n) is 5.31. The van der Waals surface area contributed by atoms with Gasteiger partial charge >= 0.3 is 0 Å². The van der Waals surface area contributed by atoms with E-state index in [2.05, 4.69) is 20.5 Å². The van der Waals surface area contributed by atoms with E-state index in [1.54, 1.807) is 36.0 Å². The first-order chi connectivity index (χ1) is 15.1. The number of carbonyl (C=O) groups excluding carboxylic acids is 2. The van der Waals surface area contributed by atoms with Crippen molar-refractivity contribution in [3.05, 3.63) is 47.1 Å². The normalized spacial score (nSPS) is 14.8. The molecule has 0 bridgehead atoms.